The summed E-state index contributed by atoms with van der Waals surface area (Å²) in [5.41, 5.74) is 3.37. The first-order chi connectivity index (χ1) is 18.5. The van der Waals surface area contributed by atoms with Crippen molar-refractivity contribution < 1.29 is 20.4 Å². The second-order valence-electron chi connectivity index (χ2n) is 9.50. The van der Waals surface area contributed by atoms with E-state index in [2.05, 4.69) is 0 Å². The molecule has 6 heteroatoms. The third-order valence-corrected chi connectivity index (χ3v) is 7.03. The molecule has 0 aromatic heterocycles. The van der Waals surface area contributed by atoms with Gasteiger partial charge in [0.1, 0.15) is 23.0 Å². The number of nitrogens with zero attached hydrogens (tertiary/aromatic N) is 2. The van der Waals surface area contributed by atoms with Gasteiger partial charge in [-0.3, -0.25) is 9.98 Å². The zero-order valence-corrected chi connectivity index (χ0v) is 20.9. The minimum absolute atomic E-state index is 0.0586. The van der Waals surface area contributed by atoms with Crippen LogP contribution in [0.15, 0.2) is 94.9 Å². The first-order valence-corrected chi connectivity index (χ1v) is 12.8. The Hall–Kier alpha value is -4.58. The molecule has 2 atom stereocenters. The fourth-order valence-corrected chi connectivity index (χ4v) is 4.96. The number of aliphatic imine (C=N–C) groups is 2. The Morgan fingerprint density at radius 3 is 1.32 bits per heavy atom. The molecule has 5 rings (SSSR count). The highest BCUT2D eigenvalue weighted by Crippen LogP contribution is 2.38. The van der Waals surface area contributed by atoms with Crippen LogP contribution in [-0.4, -0.2) is 44.9 Å². The third-order valence-electron chi connectivity index (χ3n) is 7.03. The van der Waals surface area contributed by atoms with Crippen molar-refractivity contribution in [2.24, 2.45) is 9.98 Å². The molecular weight excluding hydrogens is 476 g/mol. The lowest BCUT2D eigenvalue weighted by Crippen LogP contribution is -2.27. The number of aromatic hydroxyl groups is 4. The van der Waals surface area contributed by atoms with Crippen LogP contribution in [0.4, 0.5) is 0 Å². The van der Waals surface area contributed by atoms with Gasteiger partial charge in [0.15, 0.2) is 0 Å². The minimum atomic E-state index is -0.0586. The molecule has 38 heavy (non-hydrogen) atoms. The van der Waals surface area contributed by atoms with Gasteiger partial charge < -0.3 is 20.4 Å². The van der Waals surface area contributed by atoms with E-state index in [4.69, 9.17) is 9.98 Å². The molecular formula is C32H30N2O4. The molecule has 1 fully saturated rings. The standard InChI is InChI=1S/C32H30N2O4/c35-29-17-5-1-11-23(29)25-13-7-9-21(31(25)37)19-33-27-15-3-4-16-28(27)34-20-22-10-8-14-26(32(22)38)24-12-2-6-18-30(24)36/h1-2,5-14,17-20,27-28,35-38H,3-4,15-16H2/t27-,28-/m1/s1. The number of para-hydroxylation sites is 4. The Morgan fingerprint density at radius 2 is 0.895 bits per heavy atom. The number of phenols is 4. The summed E-state index contributed by atoms with van der Waals surface area (Å²) < 4.78 is 0. The monoisotopic (exact) mass is 506 g/mol. The van der Waals surface area contributed by atoms with Crippen LogP contribution in [0.25, 0.3) is 22.3 Å². The highest BCUT2D eigenvalue weighted by atomic mass is 16.3. The average molecular weight is 507 g/mol. The lowest BCUT2D eigenvalue weighted by molar-refractivity contribution is 0.390. The van der Waals surface area contributed by atoms with E-state index in [1.54, 1.807) is 73.1 Å². The fraction of sp³-hybridized carbons (Fsp3) is 0.188. The SMILES string of the molecule is Oc1ccccc1-c1cccc(C=N[C@@H]2CCCC[C@H]2N=Cc2cccc(-c3ccccc3O)c2O)c1O. The number of benzene rings is 4. The Balaban J connectivity index is 1.38. The Labute approximate surface area is 221 Å². The van der Waals surface area contributed by atoms with Crippen molar-refractivity contribution >= 4 is 12.4 Å². The van der Waals surface area contributed by atoms with Crippen LogP contribution in [0.2, 0.25) is 0 Å². The van der Waals surface area contributed by atoms with Gasteiger partial charge in [-0.2, -0.15) is 0 Å². The van der Waals surface area contributed by atoms with Crippen LogP contribution < -0.4 is 0 Å². The number of hydrogen-bond donors (Lipinski definition) is 4. The first-order valence-electron chi connectivity index (χ1n) is 12.8. The van der Waals surface area contributed by atoms with E-state index in [0.717, 1.165) is 25.7 Å². The minimum Gasteiger partial charge on any atom is -0.507 e. The summed E-state index contributed by atoms with van der Waals surface area (Å²) in [5.74, 6) is 0.348. The van der Waals surface area contributed by atoms with Crippen LogP contribution in [-0.2, 0) is 0 Å². The molecule has 1 aliphatic carbocycles. The van der Waals surface area contributed by atoms with E-state index in [0.29, 0.717) is 33.4 Å². The van der Waals surface area contributed by atoms with Gasteiger partial charge in [0.25, 0.3) is 0 Å². The predicted octanol–water partition coefficient (Wildman–Crippen LogP) is 6.69. The zero-order chi connectivity index (χ0) is 26.5. The van der Waals surface area contributed by atoms with Crippen molar-refractivity contribution in [2.75, 3.05) is 0 Å². The van der Waals surface area contributed by atoms with Gasteiger partial charge in [0.05, 0.1) is 12.1 Å². The molecule has 4 aromatic rings. The van der Waals surface area contributed by atoms with Gasteiger partial charge in [-0.05, 0) is 37.1 Å². The van der Waals surface area contributed by atoms with Gasteiger partial charge >= 0.3 is 0 Å². The van der Waals surface area contributed by atoms with E-state index in [1.165, 1.54) is 0 Å². The Morgan fingerprint density at radius 1 is 0.500 bits per heavy atom. The van der Waals surface area contributed by atoms with Crippen molar-refractivity contribution in [1.29, 1.82) is 0 Å². The maximum Gasteiger partial charge on any atom is 0.132 e. The molecule has 0 saturated heterocycles. The van der Waals surface area contributed by atoms with Gasteiger partial charge in [0, 0.05) is 45.8 Å². The normalized spacial score (nSPS) is 17.8. The smallest absolute Gasteiger partial charge is 0.132 e. The third kappa shape index (κ3) is 5.25. The molecule has 1 saturated carbocycles. The molecule has 0 spiro atoms. The molecule has 0 amide bonds. The van der Waals surface area contributed by atoms with Crippen molar-refractivity contribution in [3.63, 3.8) is 0 Å². The molecule has 0 aliphatic heterocycles. The average Bonchev–Trinajstić information content (AvgIpc) is 2.93. The van der Waals surface area contributed by atoms with Crippen LogP contribution in [0.1, 0.15) is 36.8 Å². The largest absolute Gasteiger partial charge is 0.507 e. The van der Waals surface area contributed by atoms with Crippen LogP contribution >= 0.6 is 0 Å². The molecule has 0 bridgehead atoms. The summed E-state index contributed by atoms with van der Waals surface area (Å²) in [4.78, 5) is 9.62. The fourth-order valence-electron chi connectivity index (χ4n) is 4.96. The van der Waals surface area contributed by atoms with E-state index in [1.807, 2.05) is 24.3 Å². The molecule has 1 aliphatic rings. The van der Waals surface area contributed by atoms with Crippen molar-refractivity contribution in [2.45, 2.75) is 37.8 Å². The first kappa shape index (κ1) is 25.1. The summed E-state index contributed by atoms with van der Waals surface area (Å²) in [6, 6.07) is 24.5. The van der Waals surface area contributed by atoms with Crippen LogP contribution in [0.3, 0.4) is 0 Å². The van der Waals surface area contributed by atoms with E-state index in [9.17, 15) is 20.4 Å². The highest BCUT2D eigenvalue weighted by Gasteiger charge is 2.24. The second kappa shape index (κ2) is 11.2. The summed E-state index contributed by atoms with van der Waals surface area (Å²) in [7, 11) is 0. The van der Waals surface area contributed by atoms with Crippen molar-refractivity contribution in [1.82, 2.24) is 0 Å². The van der Waals surface area contributed by atoms with Gasteiger partial charge in [-0.15, -0.1) is 0 Å². The predicted molar refractivity (Wildman–Crippen MR) is 152 cm³/mol. The van der Waals surface area contributed by atoms with E-state index >= 15 is 0 Å². The molecule has 0 radical (unpaired) electrons. The lowest BCUT2D eigenvalue weighted by atomic mass is 9.91. The highest BCUT2D eigenvalue weighted by molar-refractivity contribution is 5.90. The van der Waals surface area contributed by atoms with Crippen molar-refractivity contribution in [3.8, 4) is 45.3 Å². The molecule has 6 nitrogen and oxygen atoms in total. The summed E-state index contributed by atoms with van der Waals surface area (Å²) >= 11 is 0. The Bertz CT molecular complexity index is 1380. The molecule has 0 heterocycles. The molecule has 4 N–H and O–H groups in total. The number of rotatable bonds is 6. The lowest BCUT2D eigenvalue weighted by Gasteiger charge is -2.25. The molecule has 0 unspecified atom stereocenters. The quantitative estimate of drug-likeness (QED) is 0.219. The van der Waals surface area contributed by atoms with Gasteiger partial charge in [0.2, 0.25) is 0 Å². The summed E-state index contributed by atoms with van der Waals surface area (Å²) in [6.45, 7) is 0. The van der Waals surface area contributed by atoms with Crippen LogP contribution in [0, 0.1) is 0 Å². The van der Waals surface area contributed by atoms with Crippen molar-refractivity contribution in [3.05, 3.63) is 96.1 Å². The Kier molecular flexibility index (Phi) is 7.40. The maximum absolute atomic E-state index is 10.9. The van der Waals surface area contributed by atoms with Gasteiger partial charge in [-0.25, -0.2) is 0 Å². The van der Waals surface area contributed by atoms with Crippen LogP contribution in [0.5, 0.6) is 23.0 Å². The van der Waals surface area contributed by atoms with E-state index < -0.39 is 0 Å². The zero-order valence-electron chi connectivity index (χ0n) is 20.9. The molecule has 4 aromatic carbocycles. The summed E-state index contributed by atoms with van der Waals surface area (Å²) in [5, 5.41) is 42.3. The second-order valence-corrected chi connectivity index (χ2v) is 9.50. The maximum atomic E-state index is 10.9. The summed E-state index contributed by atoms with van der Waals surface area (Å²) in [6.07, 6.45) is 7.23. The molecule has 192 valence electrons. The topological polar surface area (TPSA) is 106 Å². The van der Waals surface area contributed by atoms with E-state index in [-0.39, 0.29) is 35.1 Å². The number of hydrogen-bond acceptors (Lipinski definition) is 6. The number of phenolic OH excluding ortho intramolecular Hbond substituents is 4. The van der Waals surface area contributed by atoms with Gasteiger partial charge in [-0.1, -0.05) is 73.5 Å².